The van der Waals surface area contributed by atoms with Crippen molar-refractivity contribution in [2.24, 2.45) is 11.3 Å². The first-order valence-electron chi connectivity index (χ1n) is 11.1. The second-order valence-corrected chi connectivity index (χ2v) is 10.7. The second-order valence-electron chi connectivity index (χ2n) is 9.58. The molecule has 1 atom stereocenters. The summed E-state index contributed by atoms with van der Waals surface area (Å²) in [6, 6.07) is 11.2. The number of rotatable bonds is 4. The van der Waals surface area contributed by atoms with Crippen molar-refractivity contribution >= 4 is 39.1 Å². The van der Waals surface area contributed by atoms with Crippen LogP contribution in [0.4, 0.5) is 5.00 Å². The van der Waals surface area contributed by atoms with Gasteiger partial charge < -0.3 is 10.1 Å². The van der Waals surface area contributed by atoms with E-state index in [4.69, 9.17) is 4.74 Å². The van der Waals surface area contributed by atoms with E-state index in [9.17, 15) is 14.9 Å². The molecule has 33 heavy (non-hydrogen) atoms. The van der Waals surface area contributed by atoms with Crippen molar-refractivity contribution in [1.82, 2.24) is 4.98 Å². The van der Waals surface area contributed by atoms with Gasteiger partial charge in [-0.2, -0.15) is 5.26 Å². The standard InChI is InChI=1S/C26H27N3O3S/c1-15-11-19(17-7-5-6-8-21(17)28-15)25(31)32-14-23(30)29-24-20(13-27)18-10-9-16(26(2,3)4)12-22(18)33-24/h5-8,11,16H,9-10,12,14H2,1-4H3,(H,29,30). The molecule has 1 aromatic carbocycles. The van der Waals surface area contributed by atoms with Crippen LogP contribution in [0.15, 0.2) is 30.3 Å². The summed E-state index contributed by atoms with van der Waals surface area (Å²) in [4.78, 5) is 30.9. The van der Waals surface area contributed by atoms with Crippen LogP contribution in [0.2, 0.25) is 0 Å². The van der Waals surface area contributed by atoms with Crippen LogP contribution in [0.25, 0.3) is 10.9 Å². The van der Waals surface area contributed by atoms with Gasteiger partial charge in [-0.3, -0.25) is 9.78 Å². The Morgan fingerprint density at radius 2 is 2.06 bits per heavy atom. The van der Waals surface area contributed by atoms with Crippen molar-refractivity contribution in [3.63, 3.8) is 0 Å². The molecular formula is C26H27N3O3S. The quantitative estimate of drug-likeness (QED) is 0.524. The molecule has 2 heterocycles. The number of benzene rings is 1. The maximum atomic E-state index is 12.7. The maximum absolute atomic E-state index is 12.7. The highest BCUT2D eigenvalue weighted by Gasteiger charge is 2.32. The average molecular weight is 462 g/mol. The van der Waals surface area contributed by atoms with E-state index in [0.29, 0.717) is 38.6 Å². The van der Waals surface area contributed by atoms with Crippen molar-refractivity contribution < 1.29 is 14.3 Å². The van der Waals surface area contributed by atoms with E-state index in [2.05, 4.69) is 37.1 Å². The number of hydrogen-bond acceptors (Lipinski definition) is 6. The summed E-state index contributed by atoms with van der Waals surface area (Å²) < 4.78 is 5.31. The molecule has 0 aliphatic heterocycles. The third-order valence-corrected chi connectivity index (χ3v) is 7.42. The molecule has 0 radical (unpaired) electrons. The summed E-state index contributed by atoms with van der Waals surface area (Å²) in [5.41, 5.74) is 3.56. The Morgan fingerprint density at radius 3 is 2.79 bits per heavy atom. The molecule has 6 nitrogen and oxygen atoms in total. The summed E-state index contributed by atoms with van der Waals surface area (Å²) in [5.74, 6) is -0.495. The molecule has 4 rings (SSSR count). The first-order chi connectivity index (χ1) is 15.7. The van der Waals surface area contributed by atoms with E-state index < -0.39 is 18.5 Å². The third-order valence-electron chi connectivity index (χ3n) is 6.25. The second kappa shape index (κ2) is 8.95. The number of nitrogens with zero attached hydrogens (tertiary/aromatic N) is 2. The van der Waals surface area contributed by atoms with Gasteiger partial charge in [0, 0.05) is 16.0 Å². The highest BCUT2D eigenvalue weighted by molar-refractivity contribution is 7.16. The fraction of sp³-hybridized carbons (Fsp3) is 0.385. The van der Waals surface area contributed by atoms with Crippen LogP contribution >= 0.6 is 11.3 Å². The monoisotopic (exact) mass is 461 g/mol. The Balaban J connectivity index is 1.46. The molecule has 1 aliphatic rings. The number of aryl methyl sites for hydroxylation is 1. The molecule has 1 aliphatic carbocycles. The third kappa shape index (κ3) is 4.76. The number of anilines is 1. The SMILES string of the molecule is Cc1cc(C(=O)OCC(=O)Nc2sc3c(c2C#N)CCC(C(C)(C)C)C3)c2ccccc2n1. The number of nitriles is 1. The molecule has 0 fully saturated rings. The van der Waals surface area contributed by atoms with Crippen LogP contribution in [0.3, 0.4) is 0 Å². The zero-order valence-corrected chi connectivity index (χ0v) is 20.1. The van der Waals surface area contributed by atoms with Crippen molar-refractivity contribution in [1.29, 1.82) is 5.26 Å². The van der Waals surface area contributed by atoms with E-state index in [0.717, 1.165) is 24.8 Å². The minimum atomic E-state index is -0.578. The van der Waals surface area contributed by atoms with Gasteiger partial charge >= 0.3 is 5.97 Å². The van der Waals surface area contributed by atoms with Gasteiger partial charge in [0.25, 0.3) is 5.91 Å². The summed E-state index contributed by atoms with van der Waals surface area (Å²) in [5, 5.41) is 13.7. The lowest BCUT2D eigenvalue weighted by Gasteiger charge is -2.33. The molecule has 0 saturated carbocycles. The van der Waals surface area contributed by atoms with E-state index in [1.54, 1.807) is 12.1 Å². The van der Waals surface area contributed by atoms with E-state index in [1.165, 1.54) is 16.2 Å². The van der Waals surface area contributed by atoms with Gasteiger partial charge in [-0.25, -0.2) is 4.79 Å². The first-order valence-corrected chi connectivity index (χ1v) is 11.9. The minimum absolute atomic E-state index is 0.196. The molecule has 1 unspecified atom stereocenters. The number of carbonyl (C=O) groups is 2. The van der Waals surface area contributed by atoms with Gasteiger partial charge in [0.1, 0.15) is 11.1 Å². The lowest BCUT2D eigenvalue weighted by Crippen LogP contribution is -2.26. The summed E-state index contributed by atoms with van der Waals surface area (Å²) in [6.45, 7) is 8.11. The van der Waals surface area contributed by atoms with E-state index >= 15 is 0 Å². The van der Waals surface area contributed by atoms with Gasteiger partial charge in [-0.1, -0.05) is 39.0 Å². The van der Waals surface area contributed by atoms with Crippen LogP contribution in [0, 0.1) is 29.6 Å². The first kappa shape index (κ1) is 22.9. The molecule has 7 heteroatoms. The van der Waals surface area contributed by atoms with Gasteiger partial charge in [-0.15, -0.1) is 11.3 Å². The number of aromatic nitrogens is 1. The number of para-hydroxylation sites is 1. The van der Waals surface area contributed by atoms with Crippen molar-refractivity contribution in [2.45, 2.75) is 47.0 Å². The highest BCUT2D eigenvalue weighted by atomic mass is 32.1. The molecule has 3 aromatic rings. The summed E-state index contributed by atoms with van der Waals surface area (Å²) >= 11 is 1.47. The predicted octanol–water partition coefficient (Wildman–Crippen LogP) is 5.42. The molecule has 0 spiro atoms. The Kier molecular flexibility index (Phi) is 6.22. The average Bonchev–Trinajstić information content (AvgIpc) is 3.12. The molecule has 1 N–H and O–H groups in total. The fourth-order valence-electron chi connectivity index (χ4n) is 4.38. The van der Waals surface area contributed by atoms with Crippen LogP contribution in [0.1, 0.15) is 59.2 Å². The Bertz CT molecular complexity index is 1280. The predicted molar refractivity (Wildman–Crippen MR) is 129 cm³/mol. The van der Waals surface area contributed by atoms with Crippen molar-refractivity contribution in [2.75, 3.05) is 11.9 Å². The Labute approximate surface area is 197 Å². The number of fused-ring (bicyclic) bond motifs is 2. The van der Waals surface area contributed by atoms with Crippen LogP contribution in [0.5, 0.6) is 0 Å². The molecule has 0 saturated heterocycles. The van der Waals surface area contributed by atoms with Crippen molar-refractivity contribution in [3.8, 4) is 6.07 Å². The van der Waals surface area contributed by atoms with Gasteiger partial charge in [0.15, 0.2) is 6.61 Å². The zero-order valence-electron chi connectivity index (χ0n) is 19.3. The summed E-state index contributed by atoms with van der Waals surface area (Å²) in [7, 11) is 0. The number of hydrogen-bond donors (Lipinski definition) is 1. The Hall–Kier alpha value is -3.24. The number of amides is 1. The lowest BCUT2D eigenvalue weighted by molar-refractivity contribution is -0.119. The molecular weight excluding hydrogens is 434 g/mol. The minimum Gasteiger partial charge on any atom is -0.452 e. The number of carbonyl (C=O) groups excluding carboxylic acids is 2. The van der Waals surface area contributed by atoms with Gasteiger partial charge in [0.05, 0.1) is 16.6 Å². The molecule has 2 aromatic heterocycles. The molecule has 1 amide bonds. The number of nitrogens with one attached hydrogen (secondary N) is 1. The highest BCUT2D eigenvalue weighted by Crippen LogP contribution is 2.43. The zero-order chi connectivity index (χ0) is 23.8. The van der Waals surface area contributed by atoms with Crippen LogP contribution < -0.4 is 5.32 Å². The molecule has 170 valence electrons. The van der Waals surface area contributed by atoms with E-state index in [-0.39, 0.29) is 5.41 Å². The smallest absolute Gasteiger partial charge is 0.339 e. The number of ether oxygens (including phenoxy) is 1. The number of esters is 1. The number of pyridine rings is 1. The maximum Gasteiger partial charge on any atom is 0.339 e. The molecule has 0 bridgehead atoms. The van der Waals surface area contributed by atoms with Gasteiger partial charge in [0.2, 0.25) is 0 Å². The van der Waals surface area contributed by atoms with Crippen LogP contribution in [-0.4, -0.2) is 23.5 Å². The number of thiophene rings is 1. The van der Waals surface area contributed by atoms with Gasteiger partial charge in [-0.05, 0) is 55.2 Å². The Morgan fingerprint density at radius 1 is 1.30 bits per heavy atom. The van der Waals surface area contributed by atoms with Crippen LogP contribution in [-0.2, 0) is 22.4 Å². The van der Waals surface area contributed by atoms with E-state index in [1.807, 2.05) is 25.1 Å². The normalized spacial score (nSPS) is 15.5. The fourth-order valence-corrected chi connectivity index (χ4v) is 5.67. The lowest BCUT2D eigenvalue weighted by atomic mass is 9.72. The topological polar surface area (TPSA) is 92.1 Å². The van der Waals surface area contributed by atoms with Crippen molar-refractivity contribution in [3.05, 3.63) is 57.6 Å². The summed E-state index contributed by atoms with van der Waals surface area (Å²) in [6.07, 6.45) is 2.79. The largest absolute Gasteiger partial charge is 0.452 e.